The molecule has 0 radical (unpaired) electrons. The van der Waals surface area contributed by atoms with Crippen molar-refractivity contribution in [2.45, 2.75) is 19.4 Å². The fourth-order valence-corrected chi connectivity index (χ4v) is 1.97. The highest BCUT2D eigenvalue weighted by molar-refractivity contribution is 5.89. The lowest BCUT2D eigenvalue weighted by Crippen LogP contribution is -2.16. The van der Waals surface area contributed by atoms with Crippen LogP contribution in [0.25, 0.3) is 0 Å². The van der Waals surface area contributed by atoms with Crippen LogP contribution < -0.4 is 0 Å². The summed E-state index contributed by atoms with van der Waals surface area (Å²) in [6.07, 6.45) is 4.43. The van der Waals surface area contributed by atoms with Gasteiger partial charge in [0.1, 0.15) is 6.10 Å². The quantitative estimate of drug-likeness (QED) is 0.575. The molecular weight excluding hydrogens is 272 g/mol. The summed E-state index contributed by atoms with van der Waals surface area (Å²) in [5, 5.41) is 0. The lowest BCUT2D eigenvalue weighted by molar-refractivity contribution is 0.0412. The Morgan fingerprint density at radius 3 is 2.32 bits per heavy atom. The fraction of sp³-hybridized carbons (Fsp3) is 0.150. The van der Waals surface area contributed by atoms with Gasteiger partial charge in [0, 0.05) is 0 Å². The van der Waals surface area contributed by atoms with Crippen LogP contribution in [0.3, 0.4) is 0 Å². The second kappa shape index (κ2) is 7.99. The van der Waals surface area contributed by atoms with Crippen molar-refractivity contribution in [1.82, 2.24) is 0 Å². The van der Waals surface area contributed by atoms with Gasteiger partial charge in [-0.05, 0) is 36.6 Å². The van der Waals surface area contributed by atoms with Gasteiger partial charge in [0.25, 0.3) is 0 Å². The molecule has 2 aromatic rings. The van der Waals surface area contributed by atoms with Crippen LogP contribution in [0.4, 0.5) is 0 Å². The molecule has 2 aromatic carbocycles. The van der Waals surface area contributed by atoms with E-state index < -0.39 is 0 Å². The number of hydrogen-bond donors (Lipinski definition) is 0. The van der Waals surface area contributed by atoms with E-state index in [1.165, 1.54) is 5.56 Å². The smallest absolute Gasteiger partial charge is 0.338 e. The van der Waals surface area contributed by atoms with E-state index in [1.54, 1.807) is 12.1 Å². The Hall–Kier alpha value is -2.61. The zero-order chi connectivity index (χ0) is 15.8. The van der Waals surface area contributed by atoms with E-state index in [0.717, 1.165) is 12.0 Å². The van der Waals surface area contributed by atoms with Crippen LogP contribution in [-0.4, -0.2) is 12.1 Å². The molecule has 2 heteroatoms. The third kappa shape index (κ3) is 4.74. The van der Waals surface area contributed by atoms with Crippen LogP contribution in [0.1, 0.15) is 22.8 Å². The average Bonchev–Trinajstić information content (AvgIpc) is 2.56. The summed E-state index contributed by atoms with van der Waals surface area (Å²) in [7, 11) is 0. The maximum atomic E-state index is 12.0. The average molecular weight is 292 g/mol. The molecule has 2 nitrogen and oxygen atoms in total. The standard InChI is InChI=1S/C20H20O2/c1-16(10-9-13-18-11-5-3-6-12-18)17(2)22-20(21)19-14-7-4-8-15-19/h3-12,14-15,17H,1,13H2,2H3/b10-9-. The van der Waals surface area contributed by atoms with E-state index in [9.17, 15) is 4.79 Å². The number of hydrogen-bond acceptors (Lipinski definition) is 2. The molecule has 0 aliphatic heterocycles. The first-order chi connectivity index (χ1) is 10.7. The molecule has 22 heavy (non-hydrogen) atoms. The minimum Gasteiger partial charge on any atom is -0.454 e. The molecule has 0 saturated carbocycles. The molecule has 0 aliphatic rings. The molecule has 0 heterocycles. The van der Waals surface area contributed by atoms with E-state index in [-0.39, 0.29) is 12.1 Å². The number of rotatable bonds is 6. The molecule has 2 rings (SSSR count). The van der Waals surface area contributed by atoms with Crippen LogP contribution in [0, 0.1) is 0 Å². The number of allylic oxidation sites excluding steroid dienone is 1. The van der Waals surface area contributed by atoms with Gasteiger partial charge in [-0.2, -0.15) is 0 Å². The molecule has 0 aliphatic carbocycles. The van der Waals surface area contributed by atoms with Gasteiger partial charge in [0.05, 0.1) is 5.56 Å². The van der Waals surface area contributed by atoms with Crippen molar-refractivity contribution in [1.29, 1.82) is 0 Å². The first kappa shape index (κ1) is 15.8. The first-order valence-electron chi connectivity index (χ1n) is 7.32. The molecule has 0 aromatic heterocycles. The van der Waals surface area contributed by atoms with Gasteiger partial charge in [-0.1, -0.05) is 67.3 Å². The van der Waals surface area contributed by atoms with E-state index in [0.29, 0.717) is 5.56 Å². The number of esters is 1. The second-order valence-electron chi connectivity index (χ2n) is 5.08. The zero-order valence-corrected chi connectivity index (χ0v) is 12.7. The van der Waals surface area contributed by atoms with E-state index in [1.807, 2.05) is 55.5 Å². The summed E-state index contributed by atoms with van der Waals surface area (Å²) in [6, 6.07) is 19.2. The summed E-state index contributed by atoms with van der Waals surface area (Å²) in [5.74, 6) is -0.328. The maximum absolute atomic E-state index is 12.0. The number of carbonyl (C=O) groups is 1. The lowest BCUT2D eigenvalue weighted by atomic mass is 10.1. The predicted molar refractivity (Wildman–Crippen MR) is 89.7 cm³/mol. The Balaban J connectivity index is 1.85. The topological polar surface area (TPSA) is 26.3 Å². The van der Waals surface area contributed by atoms with Gasteiger partial charge in [-0.15, -0.1) is 0 Å². The highest BCUT2D eigenvalue weighted by Gasteiger charge is 2.12. The minimum atomic E-state index is -0.347. The third-order valence-corrected chi connectivity index (χ3v) is 3.34. The highest BCUT2D eigenvalue weighted by atomic mass is 16.5. The van der Waals surface area contributed by atoms with Gasteiger partial charge < -0.3 is 4.74 Å². The van der Waals surface area contributed by atoms with Gasteiger partial charge in [0.15, 0.2) is 0 Å². The monoisotopic (exact) mass is 292 g/mol. The van der Waals surface area contributed by atoms with Crippen LogP contribution >= 0.6 is 0 Å². The summed E-state index contributed by atoms with van der Waals surface area (Å²) < 4.78 is 5.41. The fourth-order valence-electron chi connectivity index (χ4n) is 1.97. The largest absolute Gasteiger partial charge is 0.454 e. The summed E-state index contributed by atoms with van der Waals surface area (Å²) >= 11 is 0. The normalized spacial score (nSPS) is 12.0. The van der Waals surface area contributed by atoms with Crippen molar-refractivity contribution < 1.29 is 9.53 Å². The Bertz CT molecular complexity index is 642. The third-order valence-electron chi connectivity index (χ3n) is 3.34. The molecule has 112 valence electrons. The van der Waals surface area contributed by atoms with Gasteiger partial charge in [-0.25, -0.2) is 4.79 Å². The molecule has 0 N–H and O–H groups in total. The molecular formula is C20H20O2. The molecule has 0 spiro atoms. The Labute approximate surface area is 131 Å². The predicted octanol–water partition coefficient (Wildman–Crippen LogP) is 4.59. The van der Waals surface area contributed by atoms with E-state index in [4.69, 9.17) is 4.74 Å². The van der Waals surface area contributed by atoms with Crippen molar-refractivity contribution in [3.63, 3.8) is 0 Å². The summed E-state index contributed by atoms with van der Waals surface area (Å²) in [6.45, 7) is 5.80. The van der Waals surface area contributed by atoms with Crippen LogP contribution in [0.15, 0.2) is 85.0 Å². The number of ether oxygens (including phenoxy) is 1. The molecule has 0 amide bonds. The van der Waals surface area contributed by atoms with E-state index in [2.05, 4.69) is 18.7 Å². The summed E-state index contributed by atoms with van der Waals surface area (Å²) in [4.78, 5) is 12.0. The zero-order valence-electron chi connectivity index (χ0n) is 12.7. The van der Waals surface area contributed by atoms with Crippen molar-refractivity contribution >= 4 is 5.97 Å². The van der Waals surface area contributed by atoms with Crippen molar-refractivity contribution in [2.75, 3.05) is 0 Å². The molecule has 1 unspecified atom stereocenters. The molecule has 0 bridgehead atoms. The summed E-state index contributed by atoms with van der Waals surface area (Å²) in [5.41, 5.74) is 2.57. The first-order valence-corrected chi connectivity index (χ1v) is 7.32. The molecule has 0 saturated heterocycles. The SMILES string of the molecule is C=C(/C=C\Cc1ccccc1)C(C)OC(=O)c1ccccc1. The number of carbonyl (C=O) groups excluding carboxylic acids is 1. The molecule has 1 atom stereocenters. The molecule has 0 fully saturated rings. The highest BCUT2D eigenvalue weighted by Crippen LogP contribution is 2.11. The second-order valence-corrected chi connectivity index (χ2v) is 5.08. The number of benzene rings is 2. The van der Waals surface area contributed by atoms with Gasteiger partial charge >= 0.3 is 5.97 Å². The van der Waals surface area contributed by atoms with Crippen molar-refractivity contribution in [3.05, 3.63) is 96.1 Å². The van der Waals surface area contributed by atoms with E-state index >= 15 is 0 Å². The van der Waals surface area contributed by atoms with Crippen LogP contribution in [0.2, 0.25) is 0 Å². The van der Waals surface area contributed by atoms with Crippen LogP contribution in [-0.2, 0) is 11.2 Å². The Morgan fingerprint density at radius 2 is 1.68 bits per heavy atom. The minimum absolute atomic E-state index is 0.328. The Morgan fingerprint density at radius 1 is 1.09 bits per heavy atom. The van der Waals surface area contributed by atoms with Crippen molar-refractivity contribution in [3.8, 4) is 0 Å². The van der Waals surface area contributed by atoms with Gasteiger partial charge in [0.2, 0.25) is 0 Å². The maximum Gasteiger partial charge on any atom is 0.338 e. The van der Waals surface area contributed by atoms with Gasteiger partial charge in [-0.3, -0.25) is 0 Å². The van der Waals surface area contributed by atoms with Crippen LogP contribution in [0.5, 0.6) is 0 Å². The lowest BCUT2D eigenvalue weighted by Gasteiger charge is -2.13. The Kier molecular flexibility index (Phi) is 5.73. The van der Waals surface area contributed by atoms with Crippen molar-refractivity contribution in [2.24, 2.45) is 0 Å².